The second-order valence-electron chi connectivity index (χ2n) is 4.42. The smallest absolute Gasteiger partial charge is 0.307 e. The molecule has 1 heterocycles. The molecule has 0 aliphatic carbocycles. The average Bonchev–Trinajstić information content (AvgIpc) is 2.84. The monoisotopic (exact) mass is 339 g/mol. The molecule has 1 atom stereocenters. The molecule has 0 aliphatic rings. The Kier molecular flexibility index (Phi) is 4.44. The van der Waals surface area contributed by atoms with Crippen LogP contribution in [0.25, 0.3) is 11.0 Å². The Morgan fingerprint density at radius 2 is 2.20 bits per heavy atom. The average molecular weight is 340 g/mol. The van der Waals surface area contributed by atoms with Crippen molar-refractivity contribution in [3.8, 4) is 0 Å². The topological polar surface area (TPSA) is 68.5 Å². The van der Waals surface area contributed by atoms with Gasteiger partial charge in [-0.1, -0.05) is 12.1 Å². The van der Waals surface area contributed by atoms with E-state index in [1.54, 1.807) is 13.0 Å². The lowest BCUT2D eigenvalue weighted by molar-refractivity contribution is -0.141. The van der Waals surface area contributed by atoms with Gasteiger partial charge in [0.05, 0.1) is 18.0 Å². The van der Waals surface area contributed by atoms with Crippen LogP contribution in [0.15, 0.2) is 33.2 Å². The predicted octanol–water partition coefficient (Wildman–Crippen LogP) is 2.88. The van der Waals surface area contributed by atoms with Crippen LogP contribution >= 0.6 is 15.9 Å². The van der Waals surface area contributed by atoms with Crippen LogP contribution in [0.1, 0.15) is 23.9 Å². The molecule has 2 aromatic rings. The molecule has 0 fully saturated rings. The number of esters is 1. The minimum absolute atomic E-state index is 0.117. The number of halogens is 1. The van der Waals surface area contributed by atoms with Gasteiger partial charge in [0.25, 0.3) is 5.91 Å². The molecule has 1 aromatic carbocycles. The van der Waals surface area contributed by atoms with E-state index in [2.05, 4.69) is 26.0 Å². The summed E-state index contributed by atoms with van der Waals surface area (Å²) in [7, 11) is 1.31. The van der Waals surface area contributed by atoms with Crippen LogP contribution < -0.4 is 5.32 Å². The van der Waals surface area contributed by atoms with E-state index in [1.807, 2.05) is 18.2 Å². The molecule has 106 valence electrons. The van der Waals surface area contributed by atoms with Crippen molar-refractivity contribution in [3.05, 3.63) is 34.5 Å². The molecule has 0 bridgehead atoms. The fourth-order valence-electron chi connectivity index (χ4n) is 1.82. The van der Waals surface area contributed by atoms with Crippen LogP contribution in [-0.2, 0) is 9.53 Å². The molecule has 0 spiro atoms. The van der Waals surface area contributed by atoms with E-state index in [0.717, 1.165) is 9.86 Å². The van der Waals surface area contributed by atoms with Crippen LogP contribution in [0.2, 0.25) is 0 Å². The summed E-state index contributed by atoms with van der Waals surface area (Å²) in [5.74, 6) is -0.515. The van der Waals surface area contributed by atoms with E-state index in [4.69, 9.17) is 4.42 Å². The highest BCUT2D eigenvalue weighted by atomic mass is 79.9. The Morgan fingerprint density at radius 1 is 1.45 bits per heavy atom. The summed E-state index contributed by atoms with van der Waals surface area (Å²) in [6, 6.07) is 6.90. The van der Waals surface area contributed by atoms with Crippen molar-refractivity contribution in [1.82, 2.24) is 5.32 Å². The first-order valence-corrected chi connectivity index (χ1v) is 6.86. The van der Waals surface area contributed by atoms with Gasteiger partial charge in [-0.15, -0.1) is 0 Å². The molecule has 1 aromatic heterocycles. The maximum Gasteiger partial charge on any atom is 0.307 e. The molecule has 0 saturated heterocycles. The number of nitrogens with one attached hydrogen (secondary N) is 1. The number of carbonyl (C=O) groups excluding carboxylic acids is 2. The van der Waals surface area contributed by atoms with Gasteiger partial charge >= 0.3 is 5.97 Å². The van der Waals surface area contributed by atoms with Gasteiger partial charge in [0, 0.05) is 11.4 Å². The van der Waals surface area contributed by atoms with Crippen molar-refractivity contribution in [2.75, 3.05) is 7.11 Å². The molecule has 5 nitrogen and oxygen atoms in total. The summed E-state index contributed by atoms with van der Waals surface area (Å²) in [5, 5.41) is 3.53. The Balaban J connectivity index is 2.11. The number of hydrogen-bond acceptors (Lipinski definition) is 4. The summed E-state index contributed by atoms with van der Waals surface area (Å²) in [6.45, 7) is 1.73. The molecule has 2 rings (SSSR count). The first kappa shape index (κ1) is 14.6. The quantitative estimate of drug-likeness (QED) is 0.869. The minimum atomic E-state index is -0.370. The van der Waals surface area contributed by atoms with Crippen LogP contribution in [0.3, 0.4) is 0 Å². The number of methoxy groups -OCH3 is 1. The molecule has 1 amide bonds. The zero-order chi connectivity index (χ0) is 14.7. The first-order chi connectivity index (χ1) is 9.51. The lowest BCUT2D eigenvalue weighted by atomic mass is 10.2. The highest BCUT2D eigenvalue weighted by Gasteiger charge is 2.17. The molecular formula is C14H14BrNO4. The molecule has 6 heteroatoms. The van der Waals surface area contributed by atoms with E-state index in [0.29, 0.717) is 5.58 Å². The van der Waals surface area contributed by atoms with Crippen LogP contribution in [0.5, 0.6) is 0 Å². The Hall–Kier alpha value is -1.82. The van der Waals surface area contributed by atoms with Gasteiger partial charge in [0.15, 0.2) is 5.76 Å². The Morgan fingerprint density at radius 3 is 2.85 bits per heavy atom. The van der Waals surface area contributed by atoms with E-state index in [-0.39, 0.29) is 30.1 Å². The van der Waals surface area contributed by atoms with Gasteiger partial charge in [-0.3, -0.25) is 9.59 Å². The maximum atomic E-state index is 12.0. The largest absolute Gasteiger partial charge is 0.469 e. The third-order valence-corrected chi connectivity index (χ3v) is 3.42. The number of benzene rings is 1. The van der Waals surface area contributed by atoms with Crippen molar-refractivity contribution in [3.63, 3.8) is 0 Å². The number of amides is 1. The Labute approximate surface area is 124 Å². The number of carbonyl (C=O) groups is 2. The highest BCUT2D eigenvalue weighted by molar-refractivity contribution is 9.10. The zero-order valence-corrected chi connectivity index (χ0v) is 12.7. The summed E-state index contributed by atoms with van der Waals surface area (Å²) < 4.78 is 10.9. The van der Waals surface area contributed by atoms with E-state index in [9.17, 15) is 9.59 Å². The fourth-order valence-corrected chi connectivity index (χ4v) is 2.28. The van der Waals surface area contributed by atoms with E-state index >= 15 is 0 Å². The van der Waals surface area contributed by atoms with Crippen molar-refractivity contribution >= 4 is 38.8 Å². The maximum absolute atomic E-state index is 12.0. The van der Waals surface area contributed by atoms with E-state index in [1.165, 1.54) is 7.11 Å². The summed E-state index contributed by atoms with van der Waals surface area (Å²) in [6.07, 6.45) is 0.117. The lowest BCUT2D eigenvalue weighted by Crippen LogP contribution is -2.34. The number of hydrogen-bond donors (Lipinski definition) is 1. The lowest BCUT2D eigenvalue weighted by Gasteiger charge is -2.10. The SMILES string of the molecule is COC(=O)C[C@H](C)NC(=O)c1cc2cccc(Br)c2o1. The van der Waals surface area contributed by atoms with Gasteiger partial charge in [0.2, 0.25) is 0 Å². The number of ether oxygens (including phenoxy) is 1. The molecule has 0 aliphatic heterocycles. The van der Waals surface area contributed by atoms with Crippen LogP contribution in [0, 0.1) is 0 Å². The van der Waals surface area contributed by atoms with Gasteiger partial charge in [0.1, 0.15) is 5.58 Å². The molecule has 0 saturated carbocycles. The van der Waals surface area contributed by atoms with Crippen molar-refractivity contribution < 1.29 is 18.7 Å². The normalized spacial score (nSPS) is 12.2. The van der Waals surface area contributed by atoms with Crippen molar-refractivity contribution in [1.29, 1.82) is 0 Å². The second kappa shape index (κ2) is 6.09. The molecular weight excluding hydrogens is 326 g/mol. The second-order valence-corrected chi connectivity index (χ2v) is 5.28. The van der Waals surface area contributed by atoms with Crippen LogP contribution in [-0.4, -0.2) is 25.0 Å². The van der Waals surface area contributed by atoms with E-state index < -0.39 is 0 Å². The summed E-state index contributed by atoms with van der Waals surface area (Å²) in [4.78, 5) is 23.2. The van der Waals surface area contributed by atoms with Gasteiger partial charge in [-0.05, 0) is 35.0 Å². The predicted molar refractivity (Wildman–Crippen MR) is 77.5 cm³/mol. The van der Waals surface area contributed by atoms with Gasteiger partial charge in [-0.25, -0.2) is 0 Å². The molecule has 20 heavy (non-hydrogen) atoms. The van der Waals surface area contributed by atoms with Crippen molar-refractivity contribution in [2.45, 2.75) is 19.4 Å². The summed E-state index contributed by atoms with van der Waals surface area (Å²) >= 11 is 3.37. The van der Waals surface area contributed by atoms with Gasteiger partial charge < -0.3 is 14.5 Å². The minimum Gasteiger partial charge on any atom is -0.469 e. The fraction of sp³-hybridized carbons (Fsp3) is 0.286. The summed E-state index contributed by atoms with van der Waals surface area (Å²) in [5.41, 5.74) is 0.623. The number of para-hydroxylation sites is 1. The molecule has 1 N–H and O–H groups in total. The third kappa shape index (κ3) is 3.19. The number of fused-ring (bicyclic) bond motifs is 1. The van der Waals surface area contributed by atoms with Gasteiger partial charge in [-0.2, -0.15) is 0 Å². The number of furan rings is 1. The van der Waals surface area contributed by atoms with Crippen molar-refractivity contribution in [2.24, 2.45) is 0 Å². The zero-order valence-electron chi connectivity index (χ0n) is 11.1. The standard InChI is InChI=1S/C14H14BrNO4/c1-8(6-12(17)19-2)16-14(18)11-7-9-4-3-5-10(15)13(9)20-11/h3-5,7-8H,6H2,1-2H3,(H,16,18)/t8-/m0/s1. The molecule has 0 radical (unpaired) electrons. The third-order valence-electron chi connectivity index (χ3n) is 2.80. The van der Waals surface area contributed by atoms with Crippen LogP contribution in [0.4, 0.5) is 0 Å². The Bertz CT molecular complexity index is 650. The highest BCUT2D eigenvalue weighted by Crippen LogP contribution is 2.26. The number of rotatable bonds is 4. The molecule has 0 unspecified atom stereocenters. The first-order valence-electron chi connectivity index (χ1n) is 6.07.